The van der Waals surface area contributed by atoms with Crippen LogP contribution in [0.25, 0.3) is 0 Å². The molecule has 0 radical (unpaired) electrons. The van der Waals surface area contributed by atoms with Gasteiger partial charge in [-0.2, -0.15) is 0 Å². The van der Waals surface area contributed by atoms with Gasteiger partial charge in [0.05, 0.1) is 0 Å². The summed E-state index contributed by atoms with van der Waals surface area (Å²) in [5, 5.41) is 14.3. The average Bonchev–Trinajstić information content (AvgIpc) is 2.89. The number of thiophene rings is 1. The predicted octanol–water partition coefficient (Wildman–Crippen LogP) is 2.83. The highest BCUT2D eigenvalue weighted by atomic mass is 32.1. The van der Waals surface area contributed by atoms with E-state index in [4.69, 9.17) is 0 Å². The monoisotopic (exact) mass is 295 g/mol. The van der Waals surface area contributed by atoms with Crippen LogP contribution in [0.3, 0.4) is 0 Å². The van der Waals surface area contributed by atoms with Crippen molar-refractivity contribution < 1.29 is 14.7 Å². The second-order valence-corrected chi connectivity index (χ2v) is 6.75. The second-order valence-electron chi connectivity index (χ2n) is 5.72. The van der Waals surface area contributed by atoms with Gasteiger partial charge in [0, 0.05) is 11.3 Å². The zero-order valence-corrected chi connectivity index (χ0v) is 12.5. The maximum absolute atomic E-state index is 12.1. The van der Waals surface area contributed by atoms with Gasteiger partial charge in [-0.15, -0.1) is 11.3 Å². The molecule has 1 aromatic rings. The predicted molar refractivity (Wildman–Crippen MR) is 78.8 cm³/mol. The SMILES string of the molecule is CC1CCCC(NC(=O)CCc2cccs2)(C(=O)O)C1. The first-order chi connectivity index (χ1) is 9.52. The van der Waals surface area contributed by atoms with Crippen molar-refractivity contribution in [3.63, 3.8) is 0 Å². The van der Waals surface area contributed by atoms with E-state index in [1.54, 1.807) is 11.3 Å². The molecule has 1 aliphatic carbocycles. The minimum atomic E-state index is -1.05. The number of aryl methyl sites for hydroxylation is 1. The minimum absolute atomic E-state index is 0.157. The normalized spacial score (nSPS) is 26.1. The molecule has 110 valence electrons. The molecule has 1 aliphatic rings. The fourth-order valence-electron chi connectivity index (χ4n) is 2.93. The molecule has 2 atom stereocenters. The number of amides is 1. The Morgan fingerprint density at radius 2 is 2.35 bits per heavy atom. The van der Waals surface area contributed by atoms with Crippen LogP contribution in [0, 0.1) is 5.92 Å². The highest BCUT2D eigenvalue weighted by Gasteiger charge is 2.42. The molecule has 1 amide bonds. The number of aliphatic carboxylic acids is 1. The van der Waals surface area contributed by atoms with Crippen LogP contribution in [0.4, 0.5) is 0 Å². The Morgan fingerprint density at radius 3 is 2.95 bits per heavy atom. The summed E-state index contributed by atoms with van der Waals surface area (Å²) in [7, 11) is 0. The van der Waals surface area contributed by atoms with Gasteiger partial charge in [-0.1, -0.05) is 25.8 Å². The lowest BCUT2D eigenvalue weighted by atomic mass is 9.76. The molecule has 1 aromatic heterocycles. The molecule has 5 heteroatoms. The van der Waals surface area contributed by atoms with Crippen molar-refractivity contribution in [1.82, 2.24) is 5.32 Å². The number of carbonyl (C=O) groups excluding carboxylic acids is 1. The molecule has 0 saturated heterocycles. The van der Waals surface area contributed by atoms with Gasteiger partial charge in [0.1, 0.15) is 5.54 Å². The Balaban J connectivity index is 1.94. The van der Waals surface area contributed by atoms with Crippen LogP contribution in [0.2, 0.25) is 0 Å². The molecule has 4 nitrogen and oxygen atoms in total. The summed E-state index contributed by atoms with van der Waals surface area (Å²) in [4.78, 5) is 24.8. The van der Waals surface area contributed by atoms with Crippen LogP contribution in [0.1, 0.15) is 43.9 Å². The van der Waals surface area contributed by atoms with Crippen molar-refractivity contribution in [1.29, 1.82) is 0 Å². The number of carboxylic acids is 1. The molecule has 2 N–H and O–H groups in total. The van der Waals surface area contributed by atoms with Crippen molar-refractivity contribution >= 4 is 23.2 Å². The Labute approximate surface area is 123 Å². The van der Waals surface area contributed by atoms with E-state index < -0.39 is 11.5 Å². The molecular formula is C15H21NO3S. The molecule has 0 aliphatic heterocycles. The third kappa shape index (κ3) is 3.60. The van der Waals surface area contributed by atoms with Gasteiger partial charge in [-0.05, 0) is 36.6 Å². The van der Waals surface area contributed by atoms with Gasteiger partial charge in [-0.3, -0.25) is 4.79 Å². The van der Waals surface area contributed by atoms with Crippen LogP contribution in [0.5, 0.6) is 0 Å². The van der Waals surface area contributed by atoms with E-state index in [1.807, 2.05) is 17.5 Å². The lowest BCUT2D eigenvalue weighted by Gasteiger charge is -2.37. The summed E-state index contributed by atoms with van der Waals surface area (Å²) in [6.45, 7) is 2.05. The highest BCUT2D eigenvalue weighted by Crippen LogP contribution is 2.32. The van der Waals surface area contributed by atoms with Crippen LogP contribution < -0.4 is 5.32 Å². The smallest absolute Gasteiger partial charge is 0.329 e. The van der Waals surface area contributed by atoms with Gasteiger partial charge >= 0.3 is 5.97 Å². The molecule has 0 aromatic carbocycles. The van der Waals surface area contributed by atoms with Crippen molar-refractivity contribution in [2.75, 3.05) is 0 Å². The van der Waals surface area contributed by atoms with Gasteiger partial charge in [0.2, 0.25) is 5.91 Å². The summed E-state index contributed by atoms with van der Waals surface area (Å²) in [5.41, 5.74) is -1.05. The number of nitrogens with one attached hydrogen (secondary N) is 1. The summed E-state index contributed by atoms with van der Waals surface area (Å²) in [5.74, 6) is -0.708. The molecule has 2 unspecified atom stereocenters. The van der Waals surface area contributed by atoms with Gasteiger partial charge in [-0.25, -0.2) is 4.79 Å². The first-order valence-corrected chi connectivity index (χ1v) is 7.96. The van der Waals surface area contributed by atoms with E-state index >= 15 is 0 Å². The lowest BCUT2D eigenvalue weighted by Crippen LogP contribution is -2.56. The zero-order chi connectivity index (χ0) is 14.6. The van der Waals surface area contributed by atoms with E-state index in [0.717, 1.165) is 17.7 Å². The Kier molecular flexibility index (Phi) is 4.81. The minimum Gasteiger partial charge on any atom is -0.480 e. The lowest BCUT2D eigenvalue weighted by molar-refractivity contribution is -0.150. The first kappa shape index (κ1) is 15.0. The molecule has 20 heavy (non-hydrogen) atoms. The van der Waals surface area contributed by atoms with E-state index in [0.29, 0.717) is 31.6 Å². The molecule has 1 heterocycles. The first-order valence-electron chi connectivity index (χ1n) is 7.09. The Morgan fingerprint density at radius 1 is 1.55 bits per heavy atom. The highest BCUT2D eigenvalue weighted by molar-refractivity contribution is 7.09. The fourth-order valence-corrected chi connectivity index (χ4v) is 3.64. The average molecular weight is 295 g/mol. The molecule has 1 saturated carbocycles. The van der Waals surface area contributed by atoms with Crippen LogP contribution in [-0.4, -0.2) is 22.5 Å². The van der Waals surface area contributed by atoms with Gasteiger partial charge < -0.3 is 10.4 Å². The summed E-state index contributed by atoms with van der Waals surface area (Å²) in [6, 6.07) is 3.95. The number of carboxylic acid groups (broad SMARTS) is 1. The summed E-state index contributed by atoms with van der Waals surface area (Å²) in [6.07, 6.45) is 4.00. The largest absolute Gasteiger partial charge is 0.480 e. The number of carbonyl (C=O) groups is 2. The van der Waals surface area contributed by atoms with E-state index in [2.05, 4.69) is 12.2 Å². The van der Waals surface area contributed by atoms with Crippen molar-refractivity contribution in [2.45, 2.75) is 51.0 Å². The summed E-state index contributed by atoms with van der Waals surface area (Å²) >= 11 is 1.62. The second kappa shape index (κ2) is 6.39. The number of rotatable bonds is 5. The molecule has 0 spiro atoms. The van der Waals surface area contributed by atoms with Crippen LogP contribution in [-0.2, 0) is 16.0 Å². The molecule has 1 fully saturated rings. The van der Waals surface area contributed by atoms with Crippen molar-refractivity contribution in [2.24, 2.45) is 5.92 Å². The van der Waals surface area contributed by atoms with E-state index in [1.165, 1.54) is 0 Å². The van der Waals surface area contributed by atoms with E-state index in [-0.39, 0.29) is 5.91 Å². The summed E-state index contributed by atoms with van der Waals surface area (Å²) < 4.78 is 0. The third-order valence-electron chi connectivity index (χ3n) is 3.96. The maximum Gasteiger partial charge on any atom is 0.329 e. The van der Waals surface area contributed by atoms with Crippen molar-refractivity contribution in [3.05, 3.63) is 22.4 Å². The topological polar surface area (TPSA) is 66.4 Å². The van der Waals surface area contributed by atoms with Crippen LogP contribution >= 0.6 is 11.3 Å². The van der Waals surface area contributed by atoms with E-state index in [9.17, 15) is 14.7 Å². The van der Waals surface area contributed by atoms with Gasteiger partial charge in [0.25, 0.3) is 0 Å². The Bertz CT molecular complexity index is 471. The van der Waals surface area contributed by atoms with Crippen molar-refractivity contribution in [3.8, 4) is 0 Å². The number of hydrogen-bond donors (Lipinski definition) is 2. The molecule has 2 rings (SSSR count). The molecule has 0 bridgehead atoms. The quantitative estimate of drug-likeness (QED) is 0.878. The molecular weight excluding hydrogens is 274 g/mol. The maximum atomic E-state index is 12.1. The Hall–Kier alpha value is -1.36. The third-order valence-corrected chi connectivity index (χ3v) is 4.90. The fraction of sp³-hybridized carbons (Fsp3) is 0.600. The zero-order valence-electron chi connectivity index (χ0n) is 11.7. The van der Waals surface area contributed by atoms with Gasteiger partial charge in [0.15, 0.2) is 0 Å². The standard InChI is InChI=1S/C15H21NO3S/c1-11-4-2-8-15(10-11,14(18)19)16-13(17)7-6-12-5-3-9-20-12/h3,5,9,11H,2,4,6-8,10H2,1H3,(H,16,17)(H,18,19). The number of hydrogen-bond acceptors (Lipinski definition) is 3. The van der Waals surface area contributed by atoms with Crippen LogP contribution in [0.15, 0.2) is 17.5 Å².